The van der Waals surface area contributed by atoms with Crippen LogP contribution in [-0.2, 0) is 12.8 Å². The maximum atomic E-state index is 11.9. The Morgan fingerprint density at radius 3 is 2.84 bits per heavy atom. The van der Waals surface area contributed by atoms with Gasteiger partial charge in [0.25, 0.3) is 11.5 Å². The lowest BCUT2D eigenvalue weighted by atomic mass is 9.95. The molecule has 1 aliphatic rings. The van der Waals surface area contributed by atoms with E-state index in [0.717, 1.165) is 36.9 Å². The van der Waals surface area contributed by atoms with Gasteiger partial charge < -0.3 is 16.0 Å². The first-order chi connectivity index (χ1) is 8.72. The van der Waals surface area contributed by atoms with Crippen LogP contribution in [0.1, 0.15) is 40.9 Å². The molecule has 2 rings (SSSR count). The first-order valence-electron chi connectivity index (χ1n) is 6.45. The number of carbonyl (C=O) groups excluding carboxylic acids is 1. The molecule has 1 aromatic rings. The minimum absolute atomic E-state index is 0. The van der Waals surface area contributed by atoms with E-state index in [1.54, 1.807) is 6.07 Å². The molecule has 0 atom stereocenters. The van der Waals surface area contributed by atoms with Gasteiger partial charge in [0.05, 0.1) is 0 Å². The van der Waals surface area contributed by atoms with E-state index < -0.39 is 0 Å². The predicted molar refractivity (Wildman–Crippen MR) is 77.0 cm³/mol. The Morgan fingerprint density at radius 1 is 1.37 bits per heavy atom. The van der Waals surface area contributed by atoms with Crippen LogP contribution in [0.2, 0.25) is 0 Å². The van der Waals surface area contributed by atoms with Crippen LogP contribution in [-0.4, -0.2) is 24.0 Å². The van der Waals surface area contributed by atoms with Crippen LogP contribution < -0.4 is 16.6 Å². The molecule has 106 valence electrons. The van der Waals surface area contributed by atoms with E-state index in [1.165, 1.54) is 0 Å². The Kier molecular flexibility index (Phi) is 6.05. The van der Waals surface area contributed by atoms with Crippen molar-refractivity contribution in [1.82, 2.24) is 10.3 Å². The van der Waals surface area contributed by atoms with Gasteiger partial charge in [0.15, 0.2) is 0 Å². The fourth-order valence-electron chi connectivity index (χ4n) is 2.24. The van der Waals surface area contributed by atoms with E-state index >= 15 is 0 Å². The normalized spacial score (nSPS) is 13.3. The van der Waals surface area contributed by atoms with Gasteiger partial charge in [0.2, 0.25) is 0 Å². The maximum Gasteiger partial charge on any atom is 0.261 e. The molecule has 1 heterocycles. The minimum Gasteiger partial charge on any atom is -0.352 e. The lowest BCUT2D eigenvalue weighted by molar-refractivity contribution is 0.0952. The number of hydrogen-bond donors (Lipinski definition) is 3. The first kappa shape index (κ1) is 15.7. The molecule has 0 fully saturated rings. The summed E-state index contributed by atoms with van der Waals surface area (Å²) in [6.45, 7) is 1.03. The zero-order chi connectivity index (χ0) is 13.0. The number of rotatable bonds is 4. The Morgan fingerprint density at radius 2 is 2.11 bits per heavy atom. The fraction of sp³-hybridized carbons (Fsp3) is 0.538. The summed E-state index contributed by atoms with van der Waals surface area (Å²) in [6, 6.07) is 1.74. The number of nitrogens with two attached hydrogens (primary N) is 1. The van der Waals surface area contributed by atoms with Crippen molar-refractivity contribution in [2.24, 2.45) is 5.73 Å². The standard InChI is InChI=1S/C13H19N3O2.ClH/c14-6-3-7-15-12(17)10-8-9-4-1-2-5-11(9)16-13(10)18;/h8H,1-7,14H2,(H,15,17)(H,16,18);1H. The molecular formula is C13H20ClN3O2. The number of pyridine rings is 1. The Bertz CT molecular complexity index is 499. The molecule has 6 heteroatoms. The molecule has 0 radical (unpaired) electrons. The number of hydrogen-bond acceptors (Lipinski definition) is 3. The van der Waals surface area contributed by atoms with Gasteiger partial charge in [-0.1, -0.05) is 0 Å². The second kappa shape index (κ2) is 7.31. The van der Waals surface area contributed by atoms with E-state index in [2.05, 4.69) is 10.3 Å². The Balaban J connectivity index is 0.00000180. The van der Waals surface area contributed by atoms with E-state index in [1.807, 2.05) is 0 Å². The van der Waals surface area contributed by atoms with Gasteiger partial charge >= 0.3 is 0 Å². The summed E-state index contributed by atoms with van der Waals surface area (Å²) < 4.78 is 0. The number of H-pyrrole nitrogens is 1. The minimum atomic E-state index is -0.307. The van der Waals surface area contributed by atoms with Crippen molar-refractivity contribution in [3.8, 4) is 0 Å². The van der Waals surface area contributed by atoms with Crippen LogP contribution in [0.15, 0.2) is 10.9 Å². The molecule has 1 aromatic heterocycles. The summed E-state index contributed by atoms with van der Waals surface area (Å²) in [5.74, 6) is -0.307. The third kappa shape index (κ3) is 3.81. The number of halogens is 1. The largest absolute Gasteiger partial charge is 0.352 e. The van der Waals surface area contributed by atoms with Gasteiger partial charge in [-0.25, -0.2) is 0 Å². The predicted octanol–water partition coefficient (Wildman–Crippen LogP) is 0.754. The quantitative estimate of drug-likeness (QED) is 0.714. The van der Waals surface area contributed by atoms with Crippen LogP contribution >= 0.6 is 12.4 Å². The van der Waals surface area contributed by atoms with Crippen LogP contribution in [0, 0.1) is 0 Å². The highest BCUT2D eigenvalue weighted by Crippen LogP contribution is 2.18. The zero-order valence-electron chi connectivity index (χ0n) is 10.8. The SMILES string of the molecule is Cl.NCCCNC(=O)c1cc2c([nH]c1=O)CCCC2. The van der Waals surface area contributed by atoms with Crippen LogP contribution in [0.25, 0.3) is 0 Å². The molecule has 0 saturated carbocycles. The van der Waals surface area contributed by atoms with Crippen LogP contribution in [0.5, 0.6) is 0 Å². The monoisotopic (exact) mass is 285 g/mol. The van der Waals surface area contributed by atoms with Crippen LogP contribution in [0.3, 0.4) is 0 Å². The van der Waals surface area contributed by atoms with Gasteiger partial charge in [-0.15, -0.1) is 12.4 Å². The van der Waals surface area contributed by atoms with E-state index in [-0.39, 0.29) is 29.4 Å². The second-order valence-electron chi connectivity index (χ2n) is 4.62. The summed E-state index contributed by atoms with van der Waals surface area (Å²) in [5, 5.41) is 2.71. The highest BCUT2D eigenvalue weighted by Gasteiger charge is 2.16. The maximum absolute atomic E-state index is 11.9. The number of nitrogens with one attached hydrogen (secondary N) is 2. The van der Waals surface area contributed by atoms with Crippen molar-refractivity contribution in [3.63, 3.8) is 0 Å². The molecule has 1 amide bonds. The average Bonchev–Trinajstić information content (AvgIpc) is 2.38. The molecular weight excluding hydrogens is 266 g/mol. The van der Waals surface area contributed by atoms with Crippen molar-refractivity contribution in [2.45, 2.75) is 32.1 Å². The van der Waals surface area contributed by atoms with Gasteiger partial charge in [-0.2, -0.15) is 0 Å². The summed E-state index contributed by atoms with van der Waals surface area (Å²) >= 11 is 0. The molecule has 1 aliphatic carbocycles. The second-order valence-corrected chi connectivity index (χ2v) is 4.62. The van der Waals surface area contributed by atoms with E-state index in [9.17, 15) is 9.59 Å². The lowest BCUT2D eigenvalue weighted by Gasteiger charge is -2.15. The molecule has 0 aromatic carbocycles. The molecule has 0 aliphatic heterocycles. The highest BCUT2D eigenvalue weighted by molar-refractivity contribution is 5.94. The van der Waals surface area contributed by atoms with Gasteiger partial charge in [0, 0.05) is 12.2 Å². The first-order valence-corrected chi connectivity index (χ1v) is 6.45. The van der Waals surface area contributed by atoms with E-state index in [4.69, 9.17) is 5.73 Å². The molecule has 0 spiro atoms. The Labute approximate surface area is 118 Å². The zero-order valence-corrected chi connectivity index (χ0v) is 11.6. The summed E-state index contributed by atoms with van der Waals surface area (Å²) in [4.78, 5) is 26.5. The van der Waals surface area contributed by atoms with Crippen LogP contribution in [0.4, 0.5) is 0 Å². The highest BCUT2D eigenvalue weighted by atomic mass is 35.5. The van der Waals surface area contributed by atoms with Gasteiger partial charge in [-0.3, -0.25) is 9.59 Å². The third-order valence-electron chi connectivity index (χ3n) is 3.25. The topological polar surface area (TPSA) is 88.0 Å². The van der Waals surface area contributed by atoms with Crippen molar-refractivity contribution in [3.05, 3.63) is 33.2 Å². The molecule has 5 nitrogen and oxygen atoms in total. The smallest absolute Gasteiger partial charge is 0.261 e. The van der Waals surface area contributed by atoms with E-state index in [0.29, 0.717) is 19.5 Å². The number of aryl methyl sites for hydroxylation is 2. The Hall–Kier alpha value is -1.33. The van der Waals surface area contributed by atoms with Gasteiger partial charge in [0.1, 0.15) is 5.56 Å². The van der Waals surface area contributed by atoms with Gasteiger partial charge in [-0.05, 0) is 50.3 Å². The van der Waals surface area contributed by atoms with Crippen molar-refractivity contribution in [1.29, 1.82) is 0 Å². The lowest BCUT2D eigenvalue weighted by Crippen LogP contribution is -2.32. The number of aromatic amines is 1. The molecule has 0 saturated heterocycles. The number of aromatic nitrogens is 1. The molecule has 19 heavy (non-hydrogen) atoms. The fourth-order valence-corrected chi connectivity index (χ4v) is 2.24. The summed E-state index contributed by atoms with van der Waals surface area (Å²) in [5.41, 5.74) is 7.37. The number of fused-ring (bicyclic) bond motifs is 1. The molecule has 0 unspecified atom stereocenters. The number of amides is 1. The van der Waals surface area contributed by atoms with Crippen molar-refractivity contribution >= 4 is 18.3 Å². The number of carbonyl (C=O) groups is 1. The summed E-state index contributed by atoms with van der Waals surface area (Å²) in [6.07, 6.45) is 4.78. The van der Waals surface area contributed by atoms with Crippen molar-refractivity contribution < 1.29 is 4.79 Å². The molecule has 0 bridgehead atoms. The summed E-state index contributed by atoms with van der Waals surface area (Å²) in [7, 11) is 0. The third-order valence-corrected chi connectivity index (χ3v) is 3.25. The molecule has 4 N–H and O–H groups in total. The average molecular weight is 286 g/mol. The van der Waals surface area contributed by atoms with Crippen molar-refractivity contribution in [2.75, 3.05) is 13.1 Å².